The summed E-state index contributed by atoms with van der Waals surface area (Å²) in [4.78, 5) is 2.40. The van der Waals surface area contributed by atoms with Crippen LogP contribution in [0.3, 0.4) is 0 Å². The van der Waals surface area contributed by atoms with Gasteiger partial charge >= 0.3 is 0 Å². The quantitative estimate of drug-likeness (QED) is 0.146. The fraction of sp³-hybridized carbons (Fsp3) is 0. The molecule has 0 amide bonds. The van der Waals surface area contributed by atoms with Gasteiger partial charge in [0.15, 0.2) is 0 Å². The molecule has 0 unspecified atom stereocenters. The van der Waals surface area contributed by atoms with Crippen molar-refractivity contribution in [2.45, 2.75) is 0 Å². The molecule has 0 bridgehead atoms. The molecule has 0 fully saturated rings. The second-order valence-corrected chi connectivity index (χ2v) is 16.1. The highest BCUT2D eigenvalue weighted by Crippen LogP contribution is 2.45. The Hall–Kier alpha value is -8.20. The maximum absolute atomic E-state index is 2.42. The van der Waals surface area contributed by atoms with Gasteiger partial charge in [0.25, 0.3) is 0 Å². The molecule has 290 valence electrons. The summed E-state index contributed by atoms with van der Waals surface area (Å²) in [5.41, 5.74) is 14.0. The predicted molar refractivity (Wildman–Crippen MR) is 264 cm³/mol. The van der Waals surface area contributed by atoms with Gasteiger partial charge in [-0.05, 0) is 132 Å². The van der Waals surface area contributed by atoms with Crippen LogP contribution in [-0.4, -0.2) is 4.57 Å². The minimum absolute atomic E-state index is 1.09. The Kier molecular flexibility index (Phi) is 8.53. The number of hydrogen-bond acceptors (Lipinski definition) is 1. The van der Waals surface area contributed by atoms with Crippen molar-refractivity contribution < 1.29 is 0 Å². The summed E-state index contributed by atoms with van der Waals surface area (Å²) >= 11 is 0. The predicted octanol–water partition coefficient (Wildman–Crippen LogP) is 16.7. The summed E-state index contributed by atoms with van der Waals surface area (Å²) in [5.74, 6) is 0. The topological polar surface area (TPSA) is 8.17 Å². The third-order valence-electron chi connectivity index (χ3n) is 12.5. The Labute approximate surface area is 360 Å². The molecule has 12 aromatic rings. The molecule has 0 spiro atoms. The Morgan fingerprint density at radius 2 is 0.823 bits per heavy atom. The molecular formula is C60H40N2. The molecule has 1 heterocycles. The molecule has 0 aliphatic heterocycles. The number of fused-ring (bicyclic) bond motifs is 7. The summed E-state index contributed by atoms with van der Waals surface area (Å²) in [5, 5.41) is 10.0. The highest BCUT2D eigenvalue weighted by atomic mass is 15.1. The first kappa shape index (κ1) is 35.7. The molecule has 0 aliphatic carbocycles. The maximum Gasteiger partial charge on any atom is 0.0553 e. The largest absolute Gasteiger partial charge is 0.310 e. The number of hydrogen-bond donors (Lipinski definition) is 0. The van der Waals surface area contributed by atoms with E-state index in [1.54, 1.807) is 0 Å². The molecular weight excluding hydrogens is 749 g/mol. The first-order valence-corrected chi connectivity index (χ1v) is 21.3. The molecule has 12 rings (SSSR count). The fourth-order valence-electron chi connectivity index (χ4n) is 9.71. The Morgan fingerprint density at radius 3 is 1.55 bits per heavy atom. The zero-order chi connectivity index (χ0) is 41.0. The summed E-state index contributed by atoms with van der Waals surface area (Å²) in [6.45, 7) is 0. The van der Waals surface area contributed by atoms with Crippen molar-refractivity contribution in [1.82, 2.24) is 4.57 Å². The molecule has 0 atom stereocenters. The number of rotatable bonds is 7. The van der Waals surface area contributed by atoms with Gasteiger partial charge in [0, 0.05) is 33.5 Å². The monoisotopic (exact) mass is 788 g/mol. The maximum atomic E-state index is 2.42. The van der Waals surface area contributed by atoms with Crippen LogP contribution in [0.2, 0.25) is 0 Å². The number of benzene rings is 11. The van der Waals surface area contributed by atoms with Crippen molar-refractivity contribution in [3.63, 3.8) is 0 Å². The molecule has 62 heavy (non-hydrogen) atoms. The van der Waals surface area contributed by atoms with Crippen LogP contribution in [0, 0.1) is 0 Å². The van der Waals surface area contributed by atoms with Crippen LogP contribution in [0.25, 0.3) is 93.2 Å². The number of para-hydroxylation sites is 2. The average Bonchev–Trinajstić information content (AvgIpc) is 3.68. The van der Waals surface area contributed by atoms with Gasteiger partial charge < -0.3 is 9.47 Å². The molecule has 0 saturated carbocycles. The lowest BCUT2D eigenvalue weighted by atomic mass is 9.92. The lowest BCUT2D eigenvalue weighted by Gasteiger charge is -2.27. The van der Waals surface area contributed by atoms with Crippen LogP contribution < -0.4 is 4.90 Å². The first-order valence-electron chi connectivity index (χ1n) is 21.3. The SMILES string of the molecule is c1ccc(-c2ccc(N(c3ccc(-c4cc5ccccc5c5ccccc45)cc3)c3cccc(-c4c5ccccc5cc5c4c4ccccc4n5-c4ccccc4)c3)cc2)cc1. The summed E-state index contributed by atoms with van der Waals surface area (Å²) in [7, 11) is 0. The normalized spacial score (nSPS) is 11.5. The van der Waals surface area contributed by atoms with Crippen LogP contribution >= 0.6 is 0 Å². The summed E-state index contributed by atoms with van der Waals surface area (Å²) in [6, 6.07) is 88.5. The molecule has 0 radical (unpaired) electrons. The molecule has 0 aliphatic rings. The smallest absolute Gasteiger partial charge is 0.0553 e. The van der Waals surface area contributed by atoms with Crippen molar-refractivity contribution in [2.24, 2.45) is 0 Å². The van der Waals surface area contributed by atoms with Crippen LogP contribution in [0.15, 0.2) is 243 Å². The van der Waals surface area contributed by atoms with E-state index < -0.39 is 0 Å². The van der Waals surface area contributed by atoms with Crippen LogP contribution in [0.5, 0.6) is 0 Å². The Bertz CT molecular complexity index is 3600. The van der Waals surface area contributed by atoms with E-state index in [1.165, 1.54) is 87.5 Å². The van der Waals surface area contributed by atoms with Crippen molar-refractivity contribution in [3.05, 3.63) is 243 Å². The second kappa shape index (κ2) is 14.8. The van der Waals surface area contributed by atoms with Gasteiger partial charge in [0.1, 0.15) is 0 Å². The average molecular weight is 789 g/mol. The van der Waals surface area contributed by atoms with Gasteiger partial charge in [-0.15, -0.1) is 0 Å². The number of aromatic nitrogens is 1. The third kappa shape index (κ3) is 5.96. The first-order chi connectivity index (χ1) is 30.8. The van der Waals surface area contributed by atoms with E-state index >= 15 is 0 Å². The molecule has 2 heteroatoms. The van der Waals surface area contributed by atoms with Gasteiger partial charge in [-0.25, -0.2) is 0 Å². The van der Waals surface area contributed by atoms with E-state index in [9.17, 15) is 0 Å². The van der Waals surface area contributed by atoms with E-state index in [4.69, 9.17) is 0 Å². The van der Waals surface area contributed by atoms with E-state index in [0.717, 1.165) is 22.7 Å². The Morgan fingerprint density at radius 1 is 0.290 bits per heavy atom. The standard InChI is InChI=1S/C60H40N2/c1-3-16-41(17-4-1)42-30-34-48(35-31-42)61(49-36-32-43(33-37-49)56-39-44-18-7-9-24-51(44)53-26-11-12-27-54(53)56)50-23-15-20-46(38-50)59-52-25-10-8-19-45(52)40-58-60(59)55-28-13-14-29-57(55)62(58)47-21-5-2-6-22-47/h1-40H. The van der Waals surface area contributed by atoms with Gasteiger partial charge in [-0.1, -0.05) is 176 Å². The zero-order valence-electron chi connectivity index (χ0n) is 34.0. The van der Waals surface area contributed by atoms with Gasteiger partial charge in [-0.3, -0.25) is 0 Å². The Balaban J connectivity index is 1.05. The van der Waals surface area contributed by atoms with E-state index in [-0.39, 0.29) is 0 Å². The molecule has 0 N–H and O–H groups in total. The van der Waals surface area contributed by atoms with Gasteiger partial charge in [0.05, 0.1) is 11.0 Å². The molecule has 11 aromatic carbocycles. The van der Waals surface area contributed by atoms with Crippen molar-refractivity contribution in [3.8, 4) is 39.1 Å². The van der Waals surface area contributed by atoms with Crippen molar-refractivity contribution in [1.29, 1.82) is 0 Å². The van der Waals surface area contributed by atoms with E-state index in [1.807, 2.05) is 0 Å². The number of nitrogens with zero attached hydrogens (tertiary/aromatic N) is 2. The van der Waals surface area contributed by atoms with Crippen molar-refractivity contribution in [2.75, 3.05) is 4.90 Å². The number of anilines is 3. The highest BCUT2D eigenvalue weighted by Gasteiger charge is 2.21. The zero-order valence-corrected chi connectivity index (χ0v) is 34.0. The molecule has 2 nitrogen and oxygen atoms in total. The van der Waals surface area contributed by atoms with Crippen LogP contribution in [-0.2, 0) is 0 Å². The van der Waals surface area contributed by atoms with Crippen LogP contribution in [0.4, 0.5) is 17.1 Å². The van der Waals surface area contributed by atoms with Gasteiger partial charge in [-0.2, -0.15) is 0 Å². The van der Waals surface area contributed by atoms with Gasteiger partial charge in [0.2, 0.25) is 0 Å². The lowest BCUT2D eigenvalue weighted by molar-refractivity contribution is 1.18. The molecule has 1 aromatic heterocycles. The fourth-order valence-corrected chi connectivity index (χ4v) is 9.71. The highest BCUT2D eigenvalue weighted by molar-refractivity contribution is 6.23. The molecule has 0 saturated heterocycles. The van der Waals surface area contributed by atoms with E-state index in [0.29, 0.717) is 0 Å². The minimum Gasteiger partial charge on any atom is -0.310 e. The van der Waals surface area contributed by atoms with Crippen LogP contribution in [0.1, 0.15) is 0 Å². The lowest BCUT2D eigenvalue weighted by Crippen LogP contribution is -2.10. The second-order valence-electron chi connectivity index (χ2n) is 16.1. The minimum atomic E-state index is 1.09. The summed E-state index contributed by atoms with van der Waals surface area (Å²) in [6.07, 6.45) is 0. The van der Waals surface area contributed by atoms with E-state index in [2.05, 4.69) is 252 Å². The van der Waals surface area contributed by atoms with Crippen molar-refractivity contribution >= 4 is 71.2 Å². The third-order valence-corrected chi connectivity index (χ3v) is 12.5. The summed E-state index contributed by atoms with van der Waals surface area (Å²) < 4.78 is 2.42.